The molecular formula is C21H28N2O2. The highest BCUT2D eigenvalue weighted by molar-refractivity contribution is 5.84. The lowest BCUT2D eigenvalue weighted by atomic mass is 9.93. The number of benzene rings is 1. The van der Waals surface area contributed by atoms with Gasteiger partial charge in [-0.1, -0.05) is 49.9 Å². The van der Waals surface area contributed by atoms with Crippen LogP contribution < -0.4 is 0 Å². The summed E-state index contributed by atoms with van der Waals surface area (Å²) in [6, 6.07) is 8.68. The second-order valence-electron chi connectivity index (χ2n) is 7.89. The van der Waals surface area contributed by atoms with Crippen molar-refractivity contribution in [3.05, 3.63) is 35.4 Å². The topological polar surface area (TPSA) is 40.6 Å². The summed E-state index contributed by atoms with van der Waals surface area (Å²) in [5.74, 6) is 0.484. The average Bonchev–Trinajstić information content (AvgIpc) is 2.88. The van der Waals surface area contributed by atoms with E-state index in [1.807, 2.05) is 17.0 Å². The monoisotopic (exact) mass is 340 g/mol. The Morgan fingerprint density at radius 1 is 0.920 bits per heavy atom. The van der Waals surface area contributed by atoms with Crippen molar-refractivity contribution in [3.8, 4) is 0 Å². The normalized spacial score (nSPS) is 25.0. The maximum absolute atomic E-state index is 13.1. The van der Waals surface area contributed by atoms with E-state index < -0.39 is 0 Å². The molecule has 0 radical (unpaired) electrons. The second kappa shape index (κ2) is 7.19. The summed E-state index contributed by atoms with van der Waals surface area (Å²) in [5, 5.41) is 0. The minimum Gasteiger partial charge on any atom is -0.339 e. The van der Waals surface area contributed by atoms with Crippen molar-refractivity contribution < 1.29 is 9.59 Å². The highest BCUT2D eigenvalue weighted by Crippen LogP contribution is 2.30. The lowest BCUT2D eigenvalue weighted by Gasteiger charge is -2.38. The maximum Gasteiger partial charge on any atom is 0.228 e. The van der Waals surface area contributed by atoms with Crippen LogP contribution in [0.5, 0.6) is 0 Å². The van der Waals surface area contributed by atoms with Gasteiger partial charge in [0, 0.05) is 32.1 Å². The third-order valence-electron chi connectivity index (χ3n) is 6.21. The van der Waals surface area contributed by atoms with Gasteiger partial charge in [-0.05, 0) is 30.4 Å². The molecule has 4 rings (SSSR count). The van der Waals surface area contributed by atoms with Crippen molar-refractivity contribution >= 4 is 11.8 Å². The second-order valence-corrected chi connectivity index (χ2v) is 7.89. The van der Waals surface area contributed by atoms with Crippen molar-refractivity contribution in [2.45, 2.75) is 70.5 Å². The van der Waals surface area contributed by atoms with E-state index in [4.69, 9.17) is 0 Å². The number of amides is 2. The zero-order valence-corrected chi connectivity index (χ0v) is 15.0. The molecule has 1 saturated carbocycles. The van der Waals surface area contributed by atoms with Gasteiger partial charge < -0.3 is 9.80 Å². The first kappa shape index (κ1) is 16.6. The quantitative estimate of drug-likeness (QED) is 0.773. The Morgan fingerprint density at radius 2 is 1.56 bits per heavy atom. The molecule has 0 spiro atoms. The van der Waals surface area contributed by atoms with Gasteiger partial charge in [0.05, 0.1) is 5.92 Å². The lowest BCUT2D eigenvalue weighted by molar-refractivity contribution is -0.145. The summed E-state index contributed by atoms with van der Waals surface area (Å²) >= 11 is 0. The zero-order valence-electron chi connectivity index (χ0n) is 15.0. The Bertz CT molecular complexity index is 624. The fourth-order valence-electron chi connectivity index (χ4n) is 4.74. The maximum atomic E-state index is 13.1. The van der Waals surface area contributed by atoms with E-state index >= 15 is 0 Å². The largest absolute Gasteiger partial charge is 0.339 e. The summed E-state index contributed by atoms with van der Waals surface area (Å²) < 4.78 is 0. The van der Waals surface area contributed by atoms with Gasteiger partial charge in [-0.3, -0.25) is 9.59 Å². The van der Waals surface area contributed by atoms with Crippen molar-refractivity contribution in [1.82, 2.24) is 9.80 Å². The van der Waals surface area contributed by atoms with E-state index in [1.54, 1.807) is 0 Å². The minimum atomic E-state index is -0.0183. The third-order valence-corrected chi connectivity index (χ3v) is 6.21. The summed E-state index contributed by atoms with van der Waals surface area (Å²) in [6.45, 7) is 2.08. The van der Waals surface area contributed by atoms with Crippen molar-refractivity contribution in [2.24, 2.45) is 5.92 Å². The van der Waals surface area contributed by atoms with E-state index in [9.17, 15) is 9.59 Å². The highest BCUT2D eigenvalue weighted by Gasteiger charge is 2.37. The van der Waals surface area contributed by atoms with Crippen LogP contribution in [0.4, 0.5) is 0 Å². The van der Waals surface area contributed by atoms with Crippen molar-refractivity contribution in [1.29, 1.82) is 0 Å². The Morgan fingerprint density at radius 3 is 2.20 bits per heavy atom. The summed E-state index contributed by atoms with van der Waals surface area (Å²) in [4.78, 5) is 29.6. The number of piperidine rings is 1. The molecule has 2 amide bonds. The molecule has 2 fully saturated rings. The molecule has 0 bridgehead atoms. The number of carbonyl (C=O) groups is 2. The van der Waals surface area contributed by atoms with Crippen LogP contribution in [0.15, 0.2) is 24.3 Å². The summed E-state index contributed by atoms with van der Waals surface area (Å²) in [7, 11) is 0. The van der Waals surface area contributed by atoms with E-state index in [2.05, 4.69) is 17.0 Å². The molecule has 0 unspecified atom stereocenters. The third kappa shape index (κ3) is 3.44. The SMILES string of the molecule is O=C([C@H]1CCC(=O)N(C2CCCCCC2)C1)N1Cc2ccccc2C1. The molecule has 2 aliphatic heterocycles. The Labute approximate surface area is 150 Å². The Kier molecular flexibility index (Phi) is 4.78. The first-order chi connectivity index (χ1) is 12.2. The number of likely N-dealkylation sites (tertiary alicyclic amines) is 1. The minimum absolute atomic E-state index is 0.0183. The molecule has 4 nitrogen and oxygen atoms in total. The van der Waals surface area contributed by atoms with Gasteiger partial charge in [0.15, 0.2) is 0 Å². The fraction of sp³-hybridized carbons (Fsp3) is 0.619. The molecule has 2 heterocycles. The van der Waals surface area contributed by atoms with Gasteiger partial charge in [0.1, 0.15) is 0 Å². The van der Waals surface area contributed by atoms with Gasteiger partial charge in [-0.15, -0.1) is 0 Å². The molecule has 1 aliphatic carbocycles. The lowest BCUT2D eigenvalue weighted by Crippen LogP contribution is -2.50. The Balaban J connectivity index is 1.42. The smallest absolute Gasteiger partial charge is 0.228 e. The van der Waals surface area contributed by atoms with Crippen LogP contribution >= 0.6 is 0 Å². The Hall–Kier alpha value is -1.84. The first-order valence-electron chi connectivity index (χ1n) is 9.87. The van der Waals surface area contributed by atoms with Gasteiger partial charge in [-0.25, -0.2) is 0 Å². The molecule has 1 atom stereocenters. The van der Waals surface area contributed by atoms with Gasteiger partial charge >= 0.3 is 0 Å². The zero-order chi connectivity index (χ0) is 17.2. The van der Waals surface area contributed by atoms with Crippen LogP contribution in [0.2, 0.25) is 0 Å². The molecule has 3 aliphatic rings. The molecule has 1 aromatic carbocycles. The molecule has 25 heavy (non-hydrogen) atoms. The molecular weight excluding hydrogens is 312 g/mol. The van der Waals surface area contributed by atoms with Crippen LogP contribution in [-0.2, 0) is 22.7 Å². The number of fused-ring (bicyclic) bond motifs is 1. The number of nitrogens with zero attached hydrogens (tertiary/aromatic N) is 2. The van der Waals surface area contributed by atoms with E-state index in [0.29, 0.717) is 25.4 Å². The van der Waals surface area contributed by atoms with Crippen LogP contribution in [0.1, 0.15) is 62.5 Å². The molecule has 1 aromatic rings. The molecule has 1 saturated heterocycles. The predicted octanol–water partition coefficient (Wildman–Crippen LogP) is 3.49. The van der Waals surface area contributed by atoms with Crippen molar-refractivity contribution in [3.63, 3.8) is 0 Å². The predicted molar refractivity (Wildman–Crippen MR) is 96.6 cm³/mol. The van der Waals surface area contributed by atoms with E-state index in [0.717, 1.165) is 25.9 Å². The molecule has 134 valence electrons. The van der Waals surface area contributed by atoms with Crippen LogP contribution in [0, 0.1) is 5.92 Å². The first-order valence-corrected chi connectivity index (χ1v) is 9.87. The fourth-order valence-corrected chi connectivity index (χ4v) is 4.74. The number of carbonyl (C=O) groups excluding carboxylic acids is 2. The van der Waals surface area contributed by atoms with Gasteiger partial charge in [-0.2, -0.15) is 0 Å². The van der Waals surface area contributed by atoms with E-state index in [-0.39, 0.29) is 17.7 Å². The summed E-state index contributed by atoms with van der Waals surface area (Å²) in [6.07, 6.45) is 8.48. The molecule has 0 N–H and O–H groups in total. The van der Waals surface area contributed by atoms with E-state index in [1.165, 1.54) is 36.8 Å². The molecule has 0 aromatic heterocycles. The number of rotatable bonds is 2. The van der Waals surface area contributed by atoms with Gasteiger partial charge in [0.2, 0.25) is 11.8 Å². The van der Waals surface area contributed by atoms with Crippen LogP contribution in [-0.4, -0.2) is 34.2 Å². The summed E-state index contributed by atoms with van der Waals surface area (Å²) in [5.41, 5.74) is 2.53. The molecule has 4 heteroatoms. The average molecular weight is 340 g/mol. The highest BCUT2D eigenvalue weighted by atomic mass is 16.2. The number of hydrogen-bond donors (Lipinski definition) is 0. The van der Waals surface area contributed by atoms with Crippen molar-refractivity contribution in [2.75, 3.05) is 6.54 Å². The standard InChI is InChI=1S/C21H28N2O2/c24-20-12-11-18(15-23(20)19-9-3-1-2-4-10-19)21(25)22-13-16-7-5-6-8-17(16)14-22/h5-8,18-19H,1-4,9-15H2/t18-/m0/s1. The van der Waals surface area contributed by atoms with Gasteiger partial charge in [0.25, 0.3) is 0 Å². The van der Waals surface area contributed by atoms with Crippen LogP contribution in [0.3, 0.4) is 0 Å². The number of hydrogen-bond acceptors (Lipinski definition) is 2. The van der Waals surface area contributed by atoms with Crippen LogP contribution in [0.25, 0.3) is 0 Å².